The van der Waals surface area contributed by atoms with E-state index in [-0.39, 0.29) is 17.7 Å². The normalized spacial score (nSPS) is 9.07. The molecular weight excluding hydrogens is 196 g/mol. The summed E-state index contributed by atoms with van der Waals surface area (Å²) in [5.41, 5.74) is 0.367. The van der Waals surface area contributed by atoms with Gasteiger partial charge in [-0.25, -0.2) is 0 Å². The van der Waals surface area contributed by atoms with E-state index in [9.17, 15) is 4.79 Å². The molecule has 0 amide bonds. The van der Waals surface area contributed by atoms with E-state index >= 15 is 0 Å². The highest BCUT2D eigenvalue weighted by Gasteiger charge is 2.10. The van der Waals surface area contributed by atoms with Crippen LogP contribution in [-0.2, 0) is 6.54 Å². The first-order valence-corrected chi connectivity index (χ1v) is 4.21. The van der Waals surface area contributed by atoms with E-state index in [2.05, 4.69) is 16.6 Å². The first-order chi connectivity index (χ1) is 7.21. The van der Waals surface area contributed by atoms with Gasteiger partial charge in [-0.3, -0.25) is 4.79 Å². The third-order valence-electron chi connectivity index (χ3n) is 1.81. The highest BCUT2D eigenvalue weighted by Crippen LogP contribution is 2.04. The molecule has 0 unspecified atom stereocenters. The van der Waals surface area contributed by atoms with Crippen LogP contribution in [0.4, 0.5) is 0 Å². The molecular formula is C9H11N4O2+. The molecule has 0 radical (unpaired) electrons. The molecule has 1 heterocycles. The number of diazo groups is 1. The lowest BCUT2D eigenvalue weighted by molar-refractivity contribution is 0.407. The fraction of sp³-hybridized carbons (Fsp3) is 0.222. The molecule has 6 heteroatoms. The van der Waals surface area contributed by atoms with Crippen molar-refractivity contribution < 1.29 is 4.74 Å². The Hall–Kier alpha value is -2.29. The van der Waals surface area contributed by atoms with Crippen molar-refractivity contribution >= 4 is 0 Å². The van der Waals surface area contributed by atoms with Gasteiger partial charge in [0.15, 0.2) is 5.75 Å². The molecule has 1 N–H and O–H groups in total. The van der Waals surface area contributed by atoms with Gasteiger partial charge in [0.25, 0.3) is 5.39 Å². The molecule has 0 fully saturated rings. The van der Waals surface area contributed by atoms with Crippen LogP contribution < -0.4 is 10.2 Å². The van der Waals surface area contributed by atoms with Gasteiger partial charge in [-0.15, -0.1) is 0 Å². The Morgan fingerprint density at radius 3 is 3.00 bits per heavy atom. The fourth-order valence-corrected chi connectivity index (χ4v) is 1.06. The number of ether oxygens (including phenoxy) is 1. The first kappa shape index (κ1) is 10.8. The molecule has 0 atom stereocenters. The summed E-state index contributed by atoms with van der Waals surface area (Å²) in [6.45, 7) is 3.67. The monoisotopic (exact) mass is 207 g/mol. The fourth-order valence-electron chi connectivity index (χ4n) is 1.06. The van der Waals surface area contributed by atoms with Crippen LogP contribution in [0.15, 0.2) is 29.8 Å². The molecule has 1 aromatic heterocycles. The van der Waals surface area contributed by atoms with Crippen LogP contribution in [0.2, 0.25) is 0 Å². The van der Waals surface area contributed by atoms with Gasteiger partial charge < -0.3 is 9.72 Å². The third kappa shape index (κ3) is 2.57. The van der Waals surface area contributed by atoms with Gasteiger partial charge in [-0.05, 0) is 5.01 Å². The third-order valence-corrected chi connectivity index (χ3v) is 1.81. The number of nitrogens with one attached hydrogen (secondary N) is 1. The van der Waals surface area contributed by atoms with Gasteiger partial charge in [0.2, 0.25) is 5.43 Å². The Balaban J connectivity index is 2.89. The number of hydrogen-bond donors (Lipinski definition) is 1. The van der Waals surface area contributed by atoms with Gasteiger partial charge in [-0.2, -0.15) is 0 Å². The summed E-state index contributed by atoms with van der Waals surface area (Å²) in [5.74, 6) is 0.241. The molecule has 78 valence electrons. The number of methoxy groups -OCH3 is 1. The van der Waals surface area contributed by atoms with Crippen LogP contribution in [0.1, 0.15) is 5.69 Å². The SMILES string of the molecule is C=CN(Cc1cc(=O)c(OC)c[nH]1)[N+]#N. The number of H-pyrrole nitrogens is 1. The average molecular weight is 207 g/mol. The van der Waals surface area contributed by atoms with Crippen LogP contribution >= 0.6 is 0 Å². The Kier molecular flexibility index (Phi) is 3.46. The van der Waals surface area contributed by atoms with Gasteiger partial charge in [0.05, 0.1) is 13.3 Å². The van der Waals surface area contributed by atoms with Crippen molar-refractivity contribution in [1.82, 2.24) is 9.99 Å². The zero-order chi connectivity index (χ0) is 11.3. The van der Waals surface area contributed by atoms with Crippen LogP contribution in [-0.4, -0.2) is 17.1 Å². The highest BCUT2D eigenvalue weighted by atomic mass is 16.5. The van der Waals surface area contributed by atoms with Crippen molar-refractivity contribution in [2.24, 2.45) is 0 Å². The van der Waals surface area contributed by atoms with Crippen LogP contribution in [0.25, 0.3) is 5.08 Å². The summed E-state index contributed by atoms with van der Waals surface area (Å²) in [6.07, 6.45) is 2.79. The topological polar surface area (TPSA) is 73.5 Å². The maximum Gasteiger partial charge on any atom is 0.310 e. The van der Waals surface area contributed by atoms with Gasteiger partial charge in [0.1, 0.15) is 6.54 Å². The van der Waals surface area contributed by atoms with E-state index in [1.54, 1.807) is 0 Å². The van der Waals surface area contributed by atoms with Crippen LogP contribution in [0.3, 0.4) is 0 Å². The number of pyridine rings is 1. The van der Waals surface area contributed by atoms with Crippen molar-refractivity contribution in [2.75, 3.05) is 7.11 Å². The molecule has 0 aliphatic heterocycles. The van der Waals surface area contributed by atoms with E-state index in [1.165, 1.54) is 30.6 Å². The van der Waals surface area contributed by atoms with E-state index in [4.69, 9.17) is 10.1 Å². The molecule has 0 aliphatic rings. The zero-order valence-electron chi connectivity index (χ0n) is 8.30. The van der Waals surface area contributed by atoms with Crippen molar-refractivity contribution in [3.05, 3.63) is 46.0 Å². The highest BCUT2D eigenvalue weighted by molar-refractivity contribution is 5.20. The van der Waals surface area contributed by atoms with Crippen molar-refractivity contribution in [3.8, 4) is 5.75 Å². The van der Waals surface area contributed by atoms with Crippen LogP contribution in [0.5, 0.6) is 5.75 Å². The summed E-state index contributed by atoms with van der Waals surface area (Å²) in [5, 5.41) is 12.6. The Morgan fingerprint density at radius 2 is 2.53 bits per heavy atom. The predicted octanol–water partition coefficient (Wildman–Crippen LogP) is 1.10. The molecule has 15 heavy (non-hydrogen) atoms. The summed E-state index contributed by atoms with van der Waals surface area (Å²) < 4.78 is 4.81. The Bertz CT molecular complexity index is 446. The number of nitrogens with zero attached hydrogens (tertiary/aromatic N) is 3. The molecule has 0 aliphatic carbocycles. The minimum absolute atomic E-state index is 0.229. The van der Waals surface area contributed by atoms with Crippen molar-refractivity contribution in [3.63, 3.8) is 0 Å². The Labute approximate surface area is 86.4 Å². The number of hydrogen-bond acceptors (Lipinski definition) is 4. The molecule has 1 rings (SSSR count). The summed E-state index contributed by atoms with van der Waals surface area (Å²) in [7, 11) is 1.42. The molecule has 0 saturated carbocycles. The minimum atomic E-state index is -0.229. The maximum atomic E-state index is 11.3. The van der Waals surface area contributed by atoms with E-state index in [0.717, 1.165) is 0 Å². The molecule has 0 bridgehead atoms. The average Bonchev–Trinajstić information content (AvgIpc) is 2.26. The smallest absolute Gasteiger partial charge is 0.310 e. The molecule has 0 aromatic carbocycles. The van der Waals surface area contributed by atoms with Crippen LogP contribution in [0, 0.1) is 5.39 Å². The molecule has 0 spiro atoms. The van der Waals surface area contributed by atoms with Gasteiger partial charge in [-0.1, -0.05) is 6.58 Å². The molecule has 0 saturated heterocycles. The van der Waals surface area contributed by atoms with Crippen molar-refractivity contribution in [2.45, 2.75) is 6.54 Å². The van der Waals surface area contributed by atoms with E-state index < -0.39 is 0 Å². The summed E-state index contributed by atoms with van der Waals surface area (Å²) in [4.78, 5) is 14.2. The number of rotatable bonds is 4. The second kappa shape index (κ2) is 4.81. The lowest BCUT2D eigenvalue weighted by Gasteiger charge is -2.01. The minimum Gasteiger partial charge on any atom is -0.491 e. The predicted molar refractivity (Wildman–Crippen MR) is 54.4 cm³/mol. The van der Waals surface area contributed by atoms with E-state index in [1.807, 2.05) is 0 Å². The van der Waals surface area contributed by atoms with Crippen molar-refractivity contribution in [1.29, 1.82) is 5.39 Å². The quantitative estimate of drug-likeness (QED) is 0.592. The second-order valence-corrected chi connectivity index (χ2v) is 2.76. The number of aromatic amines is 1. The molecule has 6 nitrogen and oxygen atoms in total. The summed E-state index contributed by atoms with van der Waals surface area (Å²) >= 11 is 0. The van der Waals surface area contributed by atoms with Gasteiger partial charge in [0, 0.05) is 18.0 Å². The largest absolute Gasteiger partial charge is 0.491 e. The maximum absolute atomic E-state index is 11.3. The lowest BCUT2D eigenvalue weighted by atomic mass is 10.3. The van der Waals surface area contributed by atoms with E-state index in [0.29, 0.717) is 5.69 Å². The second-order valence-electron chi connectivity index (χ2n) is 2.76. The number of aromatic nitrogens is 1. The zero-order valence-corrected chi connectivity index (χ0v) is 8.30. The first-order valence-electron chi connectivity index (χ1n) is 4.21. The van der Waals surface area contributed by atoms with Gasteiger partial charge >= 0.3 is 5.08 Å². The standard InChI is InChI=1S/C9H10N4O2/c1-3-13(12-10)6-7-4-8(14)9(15-2)5-11-7/h3-5H,1,6H2,2H3/p+1. The lowest BCUT2D eigenvalue weighted by Crippen LogP contribution is -2.12. The molecule has 1 aromatic rings. The Morgan fingerprint density at radius 1 is 1.80 bits per heavy atom. The summed E-state index contributed by atoms with van der Waals surface area (Å²) in [6, 6.07) is 1.38.